The standard InChI is InChI=1S/C10H21NO.C2HF3O2/c1-2-3-8-12-10-6-4-9(11)5-7-10;3-2(4,5)1(6)7/h9-10H,2-8,11H2,1H3;(H,6,7)/t9-,10-;. The highest BCUT2D eigenvalue weighted by Gasteiger charge is 2.38. The molecular formula is C12H22F3NO3. The molecule has 0 unspecified atom stereocenters. The Kier molecular flexibility index (Phi) is 8.75. The summed E-state index contributed by atoms with van der Waals surface area (Å²) < 4.78 is 37.5. The fourth-order valence-electron chi connectivity index (χ4n) is 1.65. The number of alkyl halides is 3. The monoisotopic (exact) mass is 285 g/mol. The topological polar surface area (TPSA) is 72.5 Å². The summed E-state index contributed by atoms with van der Waals surface area (Å²) in [4.78, 5) is 8.90. The van der Waals surface area contributed by atoms with Gasteiger partial charge in [0.05, 0.1) is 6.10 Å². The fourth-order valence-corrected chi connectivity index (χ4v) is 1.65. The van der Waals surface area contributed by atoms with Crippen LogP contribution in [-0.2, 0) is 9.53 Å². The van der Waals surface area contributed by atoms with Gasteiger partial charge >= 0.3 is 12.1 Å². The first kappa shape index (κ1) is 18.2. The van der Waals surface area contributed by atoms with Crippen LogP contribution in [0.1, 0.15) is 45.4 Å². The highest BCUT2D eigenvalue weighted by Crippen LogP contribution is 2.19. The number of carboxylic acid groups (broad SMARTS) is 1. The van der Waals surface area contributed by atoms with Crippen molar-refractivity contribution in [2.24, 2.45) is 5.73 Å². The summed E-state index contributed by atoms with van der Waals surface area (Å²) in [6.07, 6.45) is 2.49. The van der Waals surface area contributed by atoms with Crippen molar-refractivity contribution in [3.63, 3.8) is 0 Å². The minimum absolute atomic E-state index is 0.441. The van der Waals surface area contributed by atoms with Crippen LogP contribution in [0.25, 0.3) is 0 Å². The second-order valence-corrected chi connectivity index (χ2v) is 4.56. The number of hydrogen-bond donors (Lipinski definition) is 2. The van der Waals surface area contributed by atoms with Crippen LogP contribution in [0.2, 0.25) is 0 Å². The average molecular weight is 285 g/mol. The van der Waals surface area contributed by atoms with E-state index in [0.717, 1.165) is 19.4 Å². The average Bonchev–Trinajstić information content (AvgIpc) is 2.31. The normalized spacial score (nSPS) is 23.4. The van der Waals surface area contributed by atoms with Crippen molar-refractivity contribution < 1.29 is 27.8 Å². The van der Waals surface area contributed by atoms with Gasteiger partial charge in [0, 0.05) is 12.6 Å². The molecule has 1 aliphatic rings. The van der Waals surface area contributed by atoms with E-state index in [4.69, 9.17) is 20.4 Å². The van der Waals surface area contributed by atoms with E-state index in [9.17, 15) is 13.2 Å². The number of carboxylic acids is 1. The maximum atomic E-state index is 10.6. The molecule has 114 valence electrons. The molecule has 0 amide bonds. The van der Waals surface area contributed by atoms with Crippen molar-refractivity contribution in [1.29, 1.82) is 0 Å². The molecule has 1 fully saturated rings. The van der Waals surface area contributed by atoms with Gasteiger partial charge in [-0.25, -0.2) is 4.79 Å². The maximum absolute atomic E-state index is 10.6. The van der Waals surface area contributed by atoms with Crippen molar-refractivity contribution >= 4 is 5.97 Å². The highest BCUT2D eigenvalue weighted by molar-refractivity contribution is 5.73. The Labute approximate surface area is 111 Å². The molecule has 0 spiro atoms. The van der Waals surface area contributed by atoms with Gasteiger partial charge in [0.15, 0.2) is 0 Å². The van der Waals surface area contributed by atoms with E-state index in [1.807, 2.05) is 0 Å². The molecule has 0 atom stereocenters. The molecule has 0 aromatic heterocycles. The molecule has 19 heavy (non-hydrogen) atoms. The molecule has 3 N–H and O–H groups in total. The first-order valence-corrected chi connectivity index (χ1v) is 6.44. The SMILES string of the molecule is CCCCO[C@H]1CC[C@H](N)CC1.O=C(O)C(F)(F)F. The Morgan fingerprint density at radius 1 is 1.32 bits per heavy atom. The van der Waals surface area contributed by atoms with Gasteiger partial charge in [-0.15, -0.1) is 0 Å². The van der Waals surface area contributed by atoms with Crippen LogP contribution in [0.3, 0.4) is 0 Å². The summed E-state index contributed by atoms with van der Waals surface area (Å²) in [7, 11) is 0. The number of aliphatic carboxylic acids is 1. The van der Waals surface area contributed by atoms with Crippen LogP contribution in [0.15, 0.2) is 0 Å². The Morgan fingerprint density at radius 2 is 1.79 bits per heavy atom. The highest BCUT2D eigenvalue weighted by atomic mass is 19.4. The molecule has 1 aliphatic carbocycles. The fraction of sp³-hybridized carbons (Fsp3) is 0.917. The molecule has 0 heterocycles. The summed E-state index contributed by atoms with van der Waals surface area (Å²) >= 11 is 0. The van der Waals surface area contributed by atoms with Gasteiger partial charge in [-0.3, -0.25) is 0 Å². The van der Waals surface area contributed by atoms with Gasteiger partial charge in [0.1, 0.15) is 0 Å². The lowest BCUT2D eigenvalue weighted by molar-refractivity contribution is -0.192. The molecule has 0 aromatic carbocycles. The van der Waals surface area contributed by atoms with Crippen molar-refractivity contribution in [3.05, 3.63) is 0 Å². The van der Waals surface area contributed by atoms with Crippen LogP contribution in [0.5, 0.6) is 0 Å². The molecular weight excluding hydrogens is 263 g/mol. The quantitative estimate of drug-likeness (QED) is 0.779. The van der Waals surface area contributed by atoms with Crippen molar-refractivity contribution in [2.45, 2.75) is 63.8 Å². The molecule has 1 saturated carbocycles. The third-order valence-corrected chi connectivity index (χ3v) is 2.81. The first-order chi connectivity index (χ1) is 8.77. The molecule has 7 heteroatoms. The largest absolute Gasteiger partial charge is 0.490 e. The van der Waals surface area contributed by atoms with E-state index in [1.54, 1.807) is 0 Å². The van der Waals surface area contributed by atoms with Gasteiger partial charge in [0.25, 0.3) is 0 Å². The Morgan fingerprint density at radius 3 is 2.16 bits per heavy atom. The molecule has 0 aromatic rings. The second kappa shape index (κ2) is 9.14. The molecule has 1 rings (SSSR count). The number of halogens is 3. The first-order valence-electron chi connectivity index (χ1n) is 6.44. The van der Waals surface area contributed by atoms with Gasteiger partial charge in [0.2, 0.25) is 0 Å². The Bertz CT molecular complexity index is 251. The van der Waals surface area contributed by atoms with Crippen molar-refractivity contribution in [1.82, 2.24) is 0 Å². The van der Waals surface area contributed by atoms with Crippen LogP contribution in [-0.4, -0.2) is 36.0 Å². The Hall–Kier alpha value is -0.820. The number of ether oxygens (including phenoxy) is 1. The molecule has 0 radical (unpaired) electrons. The minimum atomic E-state index is -5.08. The number of carbonyl (C=O) groups is 1. The lowest BCUT2D eigenvalue weighted by Gasteiger charge is -2.26. The third-order valence-electron chi connectivity index (χ3n) is 2.81. The summed E-state index contributed by atoms with van der Waals surface area (Å²) in [6, 6.07) is 0.441. The van der Waals surface area contributed by atoms with Crippen LogP contribution in [0, 0.1) is 0 Å². The molecule has 0 aliphatic heterocycles. The molecule has 4 nitrogen and oxygen atoms in total. The van der Waals surface area contributed by atoms with Gasteiger partial charge in [-0.1, -0.05) is 13.3 Å². The maximum Gasteiger partial charge on any atom is 0.490 e. The Balaban J connectivity index is 0.000000399. The summed E-state index contributed by atoms with van der Waals surface area (Å²) in [5.74, 6) is -2.76. The van der Waals surface area contributed by atoms with Crippen molar-refractivity contribution in [3.8, 4) is 0 Å². The molecule has 0 saturated heterocycles. The van der Waals surface area contributed by atoms with Crippen LogP contribution >= 0.6 is 0 Å². The van der Waals surface area contributed by atoms with Crippen molar-refractivity contribution in [2.75, 3.05) is 6.61 Å². The lowest BCUT2D eigenvalue weighted by atomic mass is 9.94. The summed E-state index contributed by atoms with van der Waals surface area (Å²) in [6.45, 7) is 3.14. The van der Waals surface area contributed by atoms with Gasteiger partial charge < -0.3 is 15.6 Å². The van der Waals surface area contributed by atoms with Crippen LogP contribution < -0.4 is 5.73 Å². The van der Waals surface area contributed by atoms with E-state index < -0.39 is 12.1 Å². The van der Waals surface area contributed by atoms with E-state index >= 15 is 0 Å². The van der Waals surface area contributed by atoms with E-state index in [1.165, 1.54) is 25.7 Å². The van der Waals surface area contributed by atoms with E-state index in [0.29, 0.717) is 12.1 Å². The van der Waals surface area contributed by atoms with Gasteiger partial charge in [-0.2, -0.15) is 13.2 Å². The van der Waals surface area contributed by atoms with Gasteiger partial charge in [-0.05, 0) is 32.1 Å². The second-order valence-electron chi connectivity index (χ2n) is 4.56. The summed E-state index contributed by atoms with van der Waals surface area (Å²) in [5, 5.41) is 7.12. The third kappa shape index (κ3) is 9.72. The lowest BCUT2D eigenvalue weighted by Crippen LogP contribution is -2.30. The predicted octanol–water partition coefficient (Wildman–Crippen LogP) is 2.71. The van der Waals surface area contributed by atoms with Crippen LogP contribution in [0.4, 0.5) is 13.2 Å². The van der Waals surface area contributed by atoms with E-state index in [-0.39, 0.29) is 0 Å². The number of unbranched alkanes of at least 4 members (excludes halogenated alkanes) is 1. The number of hydrogen-bond acceptors (Lipinski definition) is 3. The minimum Gasteiger partial charge on any atom is -0.475 e. The smallest absolute Gasteiger partial charge is 0.475 e. The number of nitrogens with two attached hydrogens (primary N) is 1. The number of rotatable bonds is 4. The van der Waals surface area contributed by atoms with E-state index in [2.05, 4.69) is 6.92 Å². The summed E-state index contributed by atoms with van der Waals surface area (Å²) in [5.41, 5.74) is 5.80. The predicted molar refractivity (Wildman–Crippen MR) is 64.8 cm³/mol. The zero-order chi connectivity index (χ0) is 14.9. The molecule has 0 bridgehead atoms. The zero-order valence-electron chi connectivity index (χ0n) is 11.1. The zero-order valence-corrected chi connectivity index (χ0v) is 11.1.